The van der Waals surface area contributed by atoms with E-state index in [4.69, 9.17) is 11.6 Å². The Balaban J connectivity index is 2.00. The number of hydrogen-bond donors (Lipinski definition) is 1. The van der Waals surface area contributed by atoms with E-state index in [2.05, 4.69) is 0 Å². The molecule has 1 aromatic rings. The summed E-state index contributed by atoms with van der Waals surface area (Å²) in [4.78, 5) is 26.0. The first-order valence-corrected chi connectivity index (χ1v) is 8.35. The van der Waals surface area contributed by atoms with Gasteiger partial charge < -0.3 is 10.0 Å². The van der Waals surface area contributed by atoms with Gasteiger partial charge in [-0.15, -0.1) is 11.8 Å². The van der Waals surface area contributed by atoms with Gasteiger partial charge >= 0.3 is 5.97 Å². The van der Waals surface area contributed by atoms with Crippen molar-refractivity contribution in [1.29, 1.82) is 0 Å². The number of nitrogens with zero attached hydrogens (tertiary/aromatic N) is 1. The largest absolute Gasteiger partial charge is 0.480 e. The number of aliphatic carboxylic acids is 1. The standard InChI is InChI=1S/C15H18ClNO3S/c16-11-6-3-4-8-13(11)21-10-14(18)17-9-5-1-2-7-12(17)15(19)20/h3-4,6,8,12H,1-2,5,7,9-10H2,(H,19,20). The Hall–Kier alpha value is -1.20. The Morgan fingerprint density at radius 3 is 2.76 bits per heavy atom. The van der Waals surface area contributed by atoms with Crippen LogP contribution in [0.4, 0.5) is 0 Å². The second-order valence-electron chi connectivity index (χ2n) is 5.01. The van der Waals surface area contributed by atoms with Gasteiger partial charge in [0.25, 0.3) is 0 Å². The Morgan fingerprint density at radius 2 is 2.05 bits per heavy atom. The van der Waals surface area contributed by atoms with Crippen LogP contribution in [0.25, 0.3) is 0 Å². The quantitative estimate of drug-likeness (QED) is 0.862. The summed E-state index contributed by atoms with van der Waals surface area (Å²) in [6.07, 6.45) is 3.24. The molecule has 1 amide bonds. The predicted octanol–water partition coefficient (Wildman–Crippen LogP) is 3.29. The fourth-order valence-corrected chi connectivity index (χ4v) is 3.57. The second-order valence-corrected chi connectivity index (χ2v) is 6.43. The Morgan fingerprint density at radius 1 is 1.29 bits per heavy atom. The summed E-state index contributed by atoms with van der Waals surface area (Å²) < 4.78 is 0. The lowest BCUT2D eigenvalue weighted by Gasteiger charge is -2.26. The first-order valence-electron chi connectivity index (χ1n) is 6.99. The van der Waals surface area contributed by atoms with Crippen LogP contribution >= 0.6 is 23.4 Å². The van der Waals surface area contributed by atoms with Crippen LogP contribution in [0.3, 0.4) is 0 Å². The van der Waals surface area contributed by atoms with Gasteiger partial charge in [0.05, 0.1) is 10.8 Å². The lowest BCUT2D eigenvalue weighted by Crippen LogP contribution is -2.45. The minimum atomic E-state index is -0.909. The van der Waals surface area contributed by atoms with Crippen LogP contribution in [0, 0.1) is 0 Å². The molecule has 1 aromatic carbocycles. The van der Waals surface area contributed by atoms with E-state index in [1.165, 1.54) is 16.7 Å². The average Bonchev–Trinajstić information content (AvgIpc) is 2.72. The highest BCUT2D eigenvalue weighted by molar-refractivity contribution is 8.00. The third-order valence-electron chi connectivity index (χ3n) is 3.55. The number of rotatable bonds is 4. The van der Waals surface area contributed by atoms with Crippen LogP contribution < -0.4 is 0 Å². The summed E-state index contributed by atoms with van der Waals surface area (Å²) in [6.45, 7) is 0.527. The van der Waals surface area contributed by atoms with E-state index >= 15 is 0 Å². The maximum absolute atomic E-state index is 12.3. The minimum absolute atomic E-state index is 0.130. The predicted molar refractivity (Wildman–Crippen MR) is 83.8 cm³/mol. The van der Waals surface area contributed by atoms with Crippen molar-refractivity contribution in [3.05, 3.63) is 29.3 Å². The van der Waals surface area contributed by atoms with Gasteiger partial charge in [0, 0.05) is 11.4 Å². The summed E-state index contributed by atoms with van der Waals surface area (Å²) in [5.41, 5.74) is 0. The molecule has 4 nitrogen and oxygen atoms in total. The molecule has 114 valence electrons. The monoisotopic (exact) mass is 327 g/mol. The SMILES string of the molecule is O=C(O)C1CCCCCN1C(=O)CSc1ccccc1Cl. The van der Waals surface area contributed by atoms with E-state index in [1.54, 1.807) is 6.07 Å². The van der Waals surface area contributed by atoms with Crippen molar-refractivity contribution in [2.75, 3.05) is 12.3 Å². The zero-order valence-electron chi connectivity index (χ0n) is 11.6. The zero-order chi connectivity index (χ0) is 15.2. The zero-order valence-corrected chi connectivity index (χ0v) is 13.2. The first-order chi connectivity index (χ1) is 10.1. The number of benzene rings is 1. The van der Waals surface area contributed by atoms with Gasteiger partial charge in [-0.2, -0.15) is 0 Å². The summed E-state index contributed by atoms with van der Waals surface area (Å²) in [5.74, 6) is -0.824. The van der Waals surface area contributed by atoms with Crippen LogP contribution in [0.1, 0.15) is 25.7 Å². The van der Waals surface area contributed by atoms with Gasteiger partial charge in [0.2, 0.25) is 5.91 Å². The van der Waals surface area contributed by atoms with Crippen molar-refractivity contribution in [3.63, 3.8) is 0 Å². The van der Waals surface area contributed by atoms with Crippen molar-refractivity contribution in [3.8, 4) is 0 Å². The van der Waals surface area contributed by atoms with Crippen molar-refractivity contribution in [2.45, 2.75) is 36.6 Å². The molecule has 0 aromatic heterocycles. The van der Waals surface area contributed by atoms with E-state index in [0.717, 1.165) is 24.2 Å². The molecule has 0 spiro atoms. The lowest BCUT2D eigenvalue weighted by molar-refractivity contribution is -0.149. The number of amides is 1. The number of carboxylic acids is 1. The summed E-state index contributed by atoms with van der Waals surface area (Å²) >= 11 is 7.41. The number of carbonyl (C=O) groups is 2. The summed E-state index contributed by atoms with van der Waals surface area (Å²) in [5, 5.41) is 9.90. The van der Waals surface area contributed by atoms with Crippen LogP contribution in [-0.2, 0) is 9.59 Å². The fourth-order valence-electron chi connectivity index (χ4n) is 2.45. The van der Waals surface area contributed by atoms with Crippen molar-refractivity contribution >= 4 is 35.2 Å². The van der Waals surface area contributed by atoms with Crippen molar-refractivity contribution < 1.29 is 14.7 Å². The van der Waals surface area contributed by atoms with Crippen LogP contribution in [-0.4, -0.2) is 40.2 Å². The number of halogens is 1. The highest BCUT2D eigenvalue weighted by Crippen LogP contribution is 2.27. The highest BCUT2D eigenvalue weighted by atomic mass is 35.5. The molecule has 1 fully saturated rings. The number of likely N-dealkylation sites (tertiary alicyclic amines) is 1. The number of hydrogen-bond acceptors (Lipinski definition) is 3. The second kappa shape index (κ2) is 7.71. The summed E-state index contributed by atoms with van der Waals surface area (Å²) in [6, 6.07) is 6.65. The van der Waals surface area contributed by atoms with Gasteiger partial charge in [-0.25, -0.2) is 4.79 Å². The molecule has 1 atom stereocenters. The normalized spacial score (nSPS) is 19.1. The molecule has 1 saturated heterocycles. The van der Waals surface area contributed by atoms with Gasteiger partial charge in [-0.1, -0.05) is 36.6 Å². The van der Waals surface area contributed by atoms with Crippen LogP contribution in [0.15, 0.2) is 29.2 Å². The Kier molecular flexibility index (Phi) is 5.94. The minimum Gasteiger partial charge on any atom is -0.480 e. The van der Waals surface area contributed by atoms with Gasteiger partial charge in [0.1, 0.15) is 6.04 Å². The molecule has 2 rings (SSSR count). The molecule has 1 aliphatic heterocycles. The smallest absolute Gasteiger partial charge is 0.326 e. The molecule has 1 aliphatic rings. The van der Waals surface area contributed by atoms with E-state index in [0.29, 0.717) is 18.0 Å². The molecule has 0 radical (unpaired) electrons. The molecule has 0 aliphatic carbocycles. The third-order valence-corrected chi connectivity index (χ3v) is 5.05. The number of carbonyl (C=O) groups excluding carboxylic acids is 1. The molecule has 1 heterocycles. The van der Waals surface area contributed by atoms with Gasteiger partial charge in [-0.3, -0.25) is 4.79 Å². The maximum atomic E-state index is 12.3. The number of thioether (sulfide) groups is 1. The molecule has 0 bridgehead atoms. The Labute approximate surface area is 133 Å². The molecule has 1 N–H and O–H groups in total. The fraction of sp³-hybridized carbons (Fsp3) is 0.467. The van der Waals surface area contributed by atoms with E-state index in [1.807, 2.05) is 18.2 Å². The molecular formula is C15H18ClNO3S. The van der Waals surface area contributed by atoms with Crippen molar-refractivity contribution in [2.24, 2.45) is 0 Å². The van der Waals surface area contributed by atoms with E-state index in [9.17, 15) is 14.7 Å². The summed E-state index contributed by atoms with van der Waals surface area (Å²) in [7, 11) is 0. The molecule has 6 heteroatoms. The van der Waals surface area contributed by atoms with Gasteiger partial charge in [-0.05, 0) is 25.0 Å². The van der Waals surface area contributed by atoms with Gasteiger partial charge in [0.15, 0.2) is 0 Å². The topological polar surface area (TPSA) is 57.6 Å². The molecule has 0 saturated carbocycles. The van der Waals surface area contributed by atoms with E-state index in [-0.39, 0.29) is 11.7 Å². The van der Waals surface area contributed by atoms with Crippen LogP contribution in [0.2, 0.25) is 5.02 Å². The van der Waals surface area contributed by atoms with Crippen LogP contribution in [0.5, 0.6) is 0 Å². The van der Waals surface area contributed by atoms with E-state index < -0.39 is 12.0 Å². The third kappa shape index (κ3) is 4.38. The first kappa shape index (κ1) is 16.2. The molecule has 21 heavy (non-hydrogen) atoms. The average molecular weight is 328 g/mol. The highest BCUT2D eigenvalue weighted by Gasteiger charge is 2.30. The number of carboxylic acid groups (broad SMARTS) is 1. The lowest BCUT2D eigenvalue weighted by atomic mass is 10.1. The Bertz CT molecular complexity index is 523. The van der Waals surface area contributed by atoms with Crippen molar-refractivity contribution in [1.82, 2.24) is 4.90 Å². The molecular weight excluding hydrogens is 310 g/mol. The maximum Gasteiger partial charge on any atom is 0.326 e. The molecule has 1 unspecified atom stereocenters.